The topological polar surface area (TPSA) is 48.9 Å². The SMILES string of the molecule is CN=C(NCCOc1ccc(F)c(F)c1)NC1CCN(CC(C)C)CC1. The number of nitrogens with zero attached hydrogens (tertiary/aromatic N) is 2. The largest absolute Gasteiger partial charge is 0.492 e. The molecule has 0 atom stereocenters. The summed E-state index contributed by atoms with van der Waals surface area (Å²) in [7, 11) is 1.74. The molecule has 0 aromatic heterocycles. The first-order chi connectivity index (χ1) is 12.5. The molecule has 1 aromatic carbocycles. The fraction of sp³-hybridized carbons (Fsp3) is 0.632. The number of halogens is 2. The summed E-state index contributed by atoms with van der Waals surface area (Å²) in [4.78, 5) is 6.74. The molecule has 1 fully saturated rings. The normalized spacial score (nSPS) is 16.8. The maximum Gasteiger partial charge on any atom is 0.191 e. The summed E-state index contributed by atoms with van der Waals surface area (Å²) >= 11 is 0. The Labute approximate surface area is 154 Å². The molecular weight excluding hydrogens is 338 g/mol. The Bertz CT molecular complexity index is 587. The van der Waals surface area contributed by atoms with Gasteiger partial charge in [0.25, 0.3) is 0 Å². The van der Waals surface area contributed by atoms with Crippen LogP contribution in [0.15, 0.2) is 23.2 Å². The number of hydrogen-bond acceptors (Lipinski definition) is 3. The second kappa shape index (κ2) is 10.3. The van der Waals surface area contributed by atoms with E-state index in [-0.39, 0.29) is 0 Å². The Hall–Kier alpha value is -1.89. The van der Waals surface area contributed by atoms with E-state index in [9.17, 15) is 8.78 Å². The lowest BCUT2D eigenvalue weighted by Crippen LogP contribution is -2.49. The van der Waals surface area contributed by atoms with E-state index in [1.54, 1.807) is 7.05 Å². The Morgan fingerprint density at radius 1 is 1.27 bits per heavy atom. The molecule has 0 unspecified atom stereocenters. The number of guanidine groups is 1. The number of hydrogen-bond donors (Lipinski definition) is 2. The molecule has 26 heavy (non-hydrogen) atoms. The predicted octanol–water partition coefficient (Wildman–Crippen LogP) is 2.63. The first-order valence-electron chi connectivity index (χ1n) is 9.25. The molecule has 1 aliphatic heterocycles. The Morgan fingerprint density at radius 2 is 2.00 bits per heavy atom. The molecule has 5 nitrogen and oxygen atoms in total. The second-order valence-electron chi connectivity index (χ2n) is 7.04. The van der Waals surface area contributed by atoms with Crippen molar-refractivity contribution in [3.05, 3.63) is 29.8 Å². The van der Waals surface area contributed by atoms with Crippen LogP contribution >= 0.6 is 0 Å². The zero-order valence-corrected chi connectivity index (χ0v) is 15.9. The fourth-order valence-corrected chi connectivity index (χ4v) is 3.07. The minimum atomic E-state index is -0.906. The van der Waals surface area contributed by atoms with Gasteiger partial charge in [0.1, 0.15) is 12.4 Å². The van der Waals surface area contributed by atoms with Crippen molar-refractivity contribution in [3.8, 4) is 5.75 Å². The molecule has 1 aromatic rings. The highest BCUT2D eigenvalue weighted by atomic mass is 19.2. The van der Waals surface area contributed by atoms with Crippen molar-refractivity contribution in [2.75, 3.05) is 39.8 Å². The van der Waals surface area contributed by atoms with Gasteiger partial charge in [-0.2, -0.15) is 0 Å². The zero-order chi connectivity index (χ0) is 18.9. The van der Waals surface area contributed by atoms with Crippen LogP contribution in [0.25, 0.3) is 0 Å². The smallest absolute Gasteiger partial charge is 0.191 e. The highest BCUT2D eigenvalue weighted by molar-refractivity contribution is 5.79. The van der Waals surface area contributed by atoms with Crippen molar-refractivity contribution in [1.82, 2.24) is 15.5 Å². The van der Waals surface area contributed by atoms with Crippen molar-refractivity contribution in [1.29, 1.82) is 0 Å². The predicted molar refractivity (Wildman–Crippen MR) is 101 cm³/mol. The maximum atomic E-state index is 13.1. The third kappa shape index (κ3) is 6.78. The van der Waals surface area contributed by atoms with Gasteiger partial charge in [-0.15, -0.1) is 0 Å². The lowest BCUT2D eigenvalue weighted by Gasteiger charge is -2.33. The zero-order valence-electron chi connectivity index (χ0n) is 15.9. The van der Waals surface area contributed by atoms with Crippen LogP contribution in [0, 0.1) is 17.6 Å². The highest BCUT2D eigenvalue weighted by Crippen LogP contribution is 2.15. The summed E-state index contributed by atoms with van der Waals surface area (Å²) in [6, 6.07) is 3.94. The average molecular weight is 368 g/mol. The molecule has 0 amide bonds. The Balaban J connectivity index is 1.66. The maximum absolute atomic E-state index is 13.1. The van der Waals surface area contributed by atoms with Crippen LogP contribution in [-0.4, -0.2) is 56.7 Å². The first kappa shape index (κ1) is 20.4. The van der Waals surface area contributed by atoms with E-state index in [1.165, 1.54) is 6.07 Å². The van der Waals surface area contributed by atoms with Gasteiger partial charge in [0.15, 0.2) is 17.6 Å². The number of piperidine rings is 1. The Kier molecular flexibility index (Phi) is 8.09. The number of aliphatic imine (C=N–C) groups is 1. The third-order valence-corrected chi connectivity index (χ3v) is 4.33. The molecule has 1 aliphatic rings. The molecular formula is C19H30F2N4O. The molecule has 146 valence electrons. The summed E-state index contributed by atoms with van der Waals surface area (Å²) in [6.45, 7) is 8.71. The molecule has 0 bridgehead atoms. The molecule has 0 saturated carbocycles. The van der Waals surface area contributed by atoms with Gasteiger partial charge in [0.2, 0.25) is 0 Å². The molecule has 7 heteroatoms. The highest BCUT2D eigenvalue weighted by Gasteiger charge is 2.20. The van der Waals surface area contributed by atoms with Gasteiger partial charge in [0.05, 0.1) is 6.54 Å². The van der Waals surface area contributed by atoms with Crippen molar-refractivity contribution < 1.29 is 13.5 Å². The van der Waals surface area contributed by atoms with E-state index in [0.717, 1.165) is 50.6 Å². The summed E-state index contributed by atoms with van der Waals surface area (Å²) < 4.78 is 31.4. The van der Waals surface area contributed by atoms with Crippen LogP contribution in [-0.2, 0) is 0 Å². The number of ether oxygens (including phenoxy) is 1. The molecule has 2 N–H and O–H groups in total. The van der Waals surface area contributed by atoms with E-state index in [0.29, 0.717) is 30.9 Å². The van der Waals surface area contributed by atoms with Crippen molar-refractivity contribution in [2.24, 2.45) is 10.9 Å². The van der Waals surface area contributed by atoms with Gasteiger partial charge in [-0.25, -0.2) is 8.78 Å². The summed E-state index contributed by atoms with van der Waals surface area (Å²) in [5.74, 6) is -0.0350. The quantitative estimate of drug-likeness (QED) is 0.441. The van der Waals surface area contributed by atoms with Gasteiger partial charge in [0, 0.05) is 38.8 Å². The molecule has 1 saturated heterocycles. The standard InChI is InChI=1S/C19H30F2N4O/c1-14(2)13-25-9-6-15(7-10-25)24-19(22-3)23-8-11-26-16-4-5-17(20)18(21)12-16/h4-5,12,14-15H,6-11,13H2,1-3H3,(H2,22,23,24). The van der Waals surface area contributed by atoms with Crippen LogP contribution in [0.2, 0.25) is 0 Å². The van der Waals surface area contributed by atoms with Crippen LogP contribution in [0.5, 0.6) is 5.75 Å². The van der Waals surface area contributed by atoms with Crippen LogP contribution in [0.3, 0.4) is 0 Å². The van der Waals surface area contributed by atoms with Crippen molar-refractivity contribution >= 4 is 5.96 Å². The minimum absolute atomic E-state index is 0.311. The number of likely N-dealkylation sites (tertiary alicyclic amines) is 1. The van der Waals surface area contributed by atoms with Gasteiger partial charge < -0.3 is 20.3 Å². The van der Waals surface area contributed by atoms with E-state index >= 15 is 0 Å². The van der Waals surface area contributed by atoms with E-state index in [2.05, 4.69) is 34.4 Å². The van der Waals surface area contributed by atoms with Crippen LogP contribution in [0.4, 0.5) is 8.78 Å². The molecule has 0 spiro atoms. The molecule has 1 heterocycles. The van der Waals surface area contributed by atoms with Gasteiger partial charge >= 0.3 is 0 Å². The molecule has 0 aliphatic carbocycles. The van der Waals surface area contributed by atoms with E-state index < -0.39 is 11.6 Å². The summed E-state index contributed by atoms with van der Waals surface area (Å²) in [5.41, 5.74) is 0. The second-order valence-corrected chi connectivity index (χ2v) is 7.04. The van der Waals surface area contributed by atoms with Gasteiger partial charge in [-0.1, -0.05) is 13.8 Å². The molecule has 2 rings (SSSR count). The minimum Gasteiger partial charge on any atom is -0.492 e. The average Bonchev–Trinajstić information content (AvgIpc) is 2.61. The van der Waals surface area contributed by atoms with Gasteiger partial charge in [-0.3, -0.25) is 4.99 Å². The number of rotatable bonds is 7. The first-order valence-corrected chi connectivity index (χ1v) is 9.25. The lowest BCUT2D eigenvalue weighted by molar-refractivity contribution is 0.186. The van der Waals surface area contributed by atoms with Crippen molar-refractivity contribution in [2.45, 2.75) is 32.7 Å². The third-order valence-electron chi connectivity index (χ3n) is 4.33. The summed E-state index contributed by atoms with van der Waals surface area (Å²) in [6.07, 6.45) is 2.19. The van der Waals surface area contributed by atoms with E-state index in [4.69, 9.17) is 4.74 Å². The van der Waals surface area contributed by atoms with Crippen molar-refractivity contribution in [3.63, 3.8) is 0 Å². The lowest BCUT2D eigenvalue weighted by atomic mass is 10.0. The summed E-state index contributed by atoms with van der Waals surface area (Å²) in [5, 5.41) is 6.63. The Morgan fingerprint density at radius 3 is 2.62 bits per heavy atom. The number of benzene rings is 1. The number of nitrogens with one attached hydrogen (secondary N) is 2. The van der Waals surface area contributed by atoms with Crippen LogP contribution < -0.4 is 15.4 Å². The van der Waals surface area contributed by atoms with Gasteiger partial charge in [-0.05, 0) is 30.9 Å². The fourth-order valence-electron chi connectivity index (χ4n) is 3.07. The van der Waals surface area contributed by atoms with E-state index in [1.807, 2.05) is 0 Å². The van der Waals surface area contributed by atoms with Crippen LogP contribution in [0.1, 0.15) is 26.7 Å². The molecule has 0 radical (unpaired) electrons. The monoisotopic (exact) mass is 368 g/mol.